The fraction of sp³-hybridized carbons (Fsp3) is 0.400. The Balaban J connectivity index is 1.74. The summed E-state index contributed by atoms with van der Waals surface area (Å²) in [5, 5.41) is 8.44. The molecule has 5 heteroatoms. The van der Waals surface area contributed by atoms with Gasteiger partial charge in [0.15, 0.2) is 5.65 Å². The van der Waals surface area contributed by atoms with Crippen LogP contribution in [0.4, 0.5) is 0 Å². The van der Waals surface area contributed by atoms with Crippen LogP contribution >= 0.6 is 0 Å². The fourth-order valence-electron chi connectivity index (χ4n) is 2.85. The average molecular weight is 270 g/mol. The summed E-state index contributed by atoms with van der Waals surface area (Å²) in [6.45, 7) is 5.18. The van der Waals surface area contributed by atoms with E-state index in [1.807, 2.05) is 33.7 Å². The molecule has 0 spiro atoms. The van der Waals surface area contributed by atoms with Gasteiger partial charge in [-0.2, -0.15) is 0 Å². The summed E-state index contributed by atoms with van der Waals surface area (Å²) in [5.41, 5.74) is 0.873. The zero-order chi connectivity index (χ0) is 13.9. The maximum atomic E-state index is 11.7. The largest absolute Gasteiger partial charge is 0.339 e. The molecule has 1 amide bonds. The monoisotopic (exact) mass is 270 g/mol. The summed E-state index contributed by atoms with van der Waals surface area (Å²) in [4.78, 5) is 13.6. The van der Waals surface area contributed by atoms with Crippen LogP contribution in [-0.4, -0.2) is 38.5 Å². The molecule has 3 rings (SSSR count). The number of pyridine rings is 1. The van der Waals surface area contributed by atoms with Crippen molar-refractivity contribution in [3.63, 3.8) is 0 Å². The van der Waals surface area contributed by atoms with Crippen LogP contribution in [0.25, 0.3) is 5.65 Å². The SMILES string of the molecule is C=CC(=O)N1CCCC(Cc2nnc3ccccn23)C1. The third-order valence-electron chi connectivity index (χ3n) is 3.86. The second-order valence-electron chi connectivity index (χ2n) is 5.25. The van der Waals surface area contributed by atoms with Gasteiger partial charge in [0.1, 0.15) is 5.82 Å². The Morgan fingerprint density at radius 1 is 1.45 bits per heavy atom. The standard InChI is InChI=1S/C15H18N4O/c1-2-15(20)18-8-5-6-12(11-18)10-14-17-16-13-7-3-4-9-19(13)14/h2-4,7,9,12H,1,5-6,8,10-11H2. The fourth-order valence-corrected chi connectivity index (χ4v) is 2.85. The number of piperidine rings is 1. The highest BCUT2D eigenvalue weighted by molar-refractivity contribution is 5.87. The van der Waals surface area contributed by atoms with Gasteiger partial charge in [-0.15, -0.1) is 10.2 Å². The third kappa shape index (κ3) is 2.43. The van der Waals surface area contributed by atoms with Crippen molar-refractivity contribution in [3.05, 3.63) is 42.9 Å². The van der Waals surface area contributed by atoms with Crippen molar-refractivity contribution in [3.8, 4) is 0 Å². The summed E-state index contributed by atoms with van der Waals surface area (Å²) in [6, 6.07) is 5.89. The van der Waals surface area contributed by atoms with Crippen molar-refractivity contribution in [2.24, 2.45) is 5.92 Å². The molecule has 0 aliphatic carbocycles. The molecule has 2 aromatic rings. The van der Waals surface area contributed by atoms with Crippen molar-refractivity contribution in [2.45, 2.75) is 19.3 Å². The predicted octanol–water partition coefficient (Wildman–Crippen LogP) is 1.70. The second kappa shape index (κ2) is 5.45. The van der Waals surface area contributed by atoms with Crippen LogP contribution in [0.5, 0.6) is 0 Å². The second-order valence-corrected chi connectivity index (χ2v) is 5.25. The zero-order valence-corrected chi connectivity index (χ0v) is 11.4. The minimum absolute atomic E-state index is 0.0285. The highest BCUT2D eigenvalue weighted by Crippen LogP contribution is 2.20. The van der Waals surface area contributed by atoms with E-state index in [9.17, 15) is 4.79 Å². The minimum Gasteiger partial charge on any atom is -0.339 e. The van der Waals surface area contributed by atoms with Crippen LogP contribution in [0, 0.1) is 5.92 Å². The number of rotatable bonds is 3. The van der Waals surface area contributed by atoms with Gasteiger partial charge in [-0.05, 0) is 37.0 Å². The van der Waals surface area contributed by atoms with E-state index in [4.69, 9.17) is 0 Å². The normalized spacial score (nSPS) is 19.2. The summed E-state index contributed by atoms with van der Waals surface area (Å²) < 4.78 is 2.02. The number of aromatic nitrogens is 3. The van der Waals surface area contributed by atoms with Crippen LogP contribution < -0.4 is 0 Å². The number of hydrogen-bond acceptors (Lipinski definition) is 3. The van der Waals surface area contributed by atoms with Crippen LogP contribution in [-0.2, 0) is 11.2 Å². The number of hydrogen-bond donors (Lipinski definition) is 0. The van der Waals surface area contributed by atoms with Gasteiger partial charge >= 0.3 is 0 Å². The highest BCUT2D eigenvalue weighted by Gasteiger charge is 2.23. The van der Waals surface area contributed by atoms with E-state index in [0.717, 1.165) is 43.8 Å². The molecule has 1 unspecified atom stereocenters. The number of likely N-dealkylation sites (tertiary alicyclic amines) is 1. The Hall–Kier alpha value is -2.17. The highest BCUT2D eigenvalue weighted by atomic mass is 16.2. The zero-order valence-electron chi connectivity index (χ0n) is 11.4. The van der Waals surface area contributed by atoms with E-state index >= 15 is 0 Å². The van der Waals surface area contributed by atoms with Crippen LogP contribution in [0.15, 0.2) is 37.1 Å². The van der Waals surface area contributed by atoms with Gasteiger partial charge in [0, 0.05) is 25.7 Å². The van der Waals surface area contributed by atoms with E-state index in [1.54, 1.807) is 0 Å². The first kappa shape index (κ1) is 12.8. The lowest BCUT2D eigenvalue weighted by atomic mass is 9.94. The maximum Gasteiger partial charge on any atom is 0.245 e. The summed E-state index contributed by atoms with van der Waals surface area (Å²) in [7, 11) is 0. The van der Waals surface area contributed by atoms with E-state index in [-0.39, 0.29) is 5.91 Å². The lowest BCUT2D eigenvalue weighted by molar-refractivity contribution is -0.127. The van der Waals surface area contributed by atoms with E-state index in [1.165, 1.54) is 6.08 Å². The van der Waals surface area contributed by atoms with Gasteiger partial charge in [-0.1, -0.05) is 12.6 Å². The molecular formula is C15H18N4O. The topological polar surface area (TPSA) is 50.5 Å². The van der Waals surface area contributed by atoms with Gasteiger partial charge in [0.2, 0.25) is 5.91 Å². The molecule has 20 heavy (non-hydrogen) atoms. The quantitative estimate of drug-likeness (QED) is 0.798. The van der Waals surface area contributed by atoms with Crippen LogP contribution in [0.2, 0.25) is 0 Å². The molecule has 0 saturated carbocycles. The minimum atomic E-state index is 0.0285. The first-order chi connectivity index (χ1) is 9.78. The Kier molecular flexibility index (Phi) is 3.50. The lowest BCUT2D eigenvalue weighted by Gasteiger charge is -2.31. The van der Waals surface area contributed by atoms with E-state index in [0.29, 0.717) is 5.92 Å². The van der Waals surface area contributed by atoms with E-state index in [2.05, 4.69) is 16.8 Å². The van der Waals surface area contributed by atoms with Gasteiger partial charge in [-0.3, -0.25) is 9.20 Å². The molecule has 1 aliphatic rings. The molecule has 5 nitrogen and oxygen atoms in total. The predicted molar refractivity (Wildman–Crippen MR) is 76.2 cm³/mol. The number of nitrogens with zero attached hydrogens (tertiary/aromatic N) is 4. The van der Waals surface area contributed by atoms with Gasteiger partial charge in [-0.25, -0.2) is 0 Å². The summed E-state index contributed by atoms with van der Waals surface area (Å²) in [5.74, 6) is 1.44. The molecule has 0 N–H and O–H groups in total. The first-order valence-corrected chi connectivity index (χ1v) is 6.98. The van der Waals surface area contributed by atoms with Crippen molar-refractivity contribution in [2.75, 3.05) is 13.1 Å². The smallest absolute Gasteiger partial charge is 0.245 e. The third-order valence-corrected chi connectivity index (χ3v) is 3.86. The van der Waals surface area contributed by atoms with Crippen molar-refractivity contribution in [1.82, 2.24) is 19.5 Å². The average Bonchev–Trinajstić information content (AvgIpc) is 2.90. The number of fused-ring (bicyclic) bond motifs is 1. The Bertz CT molecular complexity index is 634. The molecule has 2 aromatic heterocycles. The van der Waals surface area contributed by atoms with Gasteiger partial charge in [0.05, 0.1) is 0 Å². The molecule has 1 atom stereocenters. The number of carbonyl (C=O) groups is 1. The number of carbonyl (C=O) groups excluding carboxylic acids is 1. The van der Waals surface area contributed by atoms with Gasteiger partial charge < -0.3 is 4.90 Å². The molecular weight excluding hydrogens is 252 g/mol. The van der Waals surface area contributed by atoms with Crippen molar-refractivity contribution in [1.29, 1.82) is 0 Å². The molecule has 3 heterocycles. The molecule has 104 valence electrons. The summed E-state index contributed by atoms with van der Waals surface area (Å²) in [6.07, 6.45) is 6.41. The molecule has 0 bridgehead atoms. The molecule has 0 aromatic carbocycles. The van der Waals surface area contributed by atoms with Crippen LogP contribution in [0.1, 0.15) is 18.7 Å². The molecule has 1 saturated heterocycles. The summed E-state index contributed by atoms with van der Waals surface area (Å²) >= 11 is 0. The Morgan fingerprint density at radius 3 is 3.20 bits per heavy atom. The van der Waals surface area contributed by atoms with Gasteiger partial charge in [0.25, 0.3) is 0 Å². The van der Waals surface area contributed by atoms with E-state index < -0.39 is 0 Å². The Labute approximate surface area is 117 Å². The van der Waals surface area contributed by atoms with Crippen molar-refractivity contribution >= 4 is 11.6 Å². The molecule has 1 fully saturated rings. The van der Waals surface area contributed by atoms with Crippen LogP contribution in [0.3, 0.4) is 0 Å². The lowest BCUT2D eigenvalue weighted by Crippen LogP contribution is -2.39. The number of amides is 1. The molecule has 1 aliphatic heterocycles. The first-order valence-electron chi connectivity index (χ1n) is 6.98. The maximum absolute atomic E-state index is 11.7. The molecule has 0 radical (unpaired) electrons. The Morgan fingerprint density at radius 2 is 2.35 bits per heavy atom. The van der Waals surface area contributed by atoms with Crippen molar-refractivity contribution < 1.29 is 4.79 Å².